The molecule has 0 aromatic carbocycles. The number of nitrogens with two attached hydrogens (primary N) is 1. The fourth-order valence-corrected chi connectivity index (χ4v) is 1.47. The molecule has 0 atom stereocenters. The average molecular weight is 207 g/mol. The van der Waals surface area contributed by atoms with Crippen LogP contribution in [0, 0.1) is 0 Å². The number of carbonyl (C=O) groups is 1. The Morgan fingerprint density at radius 1 is 1.60 bits per heavy atom. The third kappa shape index (κ3) is 2.53. The van der Waals surface area contributed by atoms with Gasteiger partial charge in [-0.25, -0.2) is 4.98 Å². The quantitative estimate of drug-likeness (QED) is 0.729. The first-order chi connectivity index (χ1) is 6.99. The summed E-state index contributed by atoms with van der Waals surface area (Å²) in [4.78, 5) is 16.0. The highest BCUT2D eigenvalue weighted by Crippen LogP contribution is 2.16. The van der Waals surface area contributed by atoms with Crippen LogP contribution < -0.4 is 11.1 Å². The number of likely N-dealkylation sites (N-methyl/N-ethyl adjacent to an activating group) is 1. The molecule has 0 aliphatic rings. The largest absolute Gasteiger partial charge is 0.383 e. The number of anilines is 1. The molecule has 1 heterocycles. The first-order valence-electron chi connectivity index (χ1n) is 4.99. The smallest absolute Gasteiger partial charge is 0.185 e. The normalized spacial score (nSPS) is 11.4. The van der Waals surface area contributed by atoms with Crippen LogP contribution in [-0.2, 0) is 0 Å². The molecule has 0 amide bonds. The maximum atomic E-state index is 12.1. The van der Waals surface area contributed by atoms with E-state index in [1.54, 1.807) is 18.3 Å². The van der Waals surface area contributed by atoms with Crippen LogP contribution in [0.4, 0.5) is 5.82 Å². The zero-order valence-corrected chi connectivity index (χ0v) is 9.37. The fourth-order valence-electron chi connectivity index (χ4n) is 1.47. The number of Topliss-reactive ketones (excluding diaryl/α,β-unsaturated/α-hetero) is 1. The van der Waals surface area contributed by atoms with Gasteiger partial charge in [0.25, 0.3) is 0 Å². The van der Waals surface area contributed by atoms with Crippen molar-refractivity contribution in [2.24, 2.45) is 0 Å². The summed E-state index contributed by atoms with van der Waals surface area (Å²) < 4.78 is 0. The summed E-state index contributed by atoms with van der Waals surface area (Å²) in [5, 5.41) is 3.11. The van der Waals surface area contributed by atoms with E-state index in [0.29, 0.717) is 5.56 Å². The molecular formula is C11H17N3O. The van der Waals surface area contributed by atoms with Crippen molar-refractivity contribution in [1.29, 1.82) is 0 Å². The first kappa shape index (κ1) is 11.7. The molecule has 1 aromatic rings. The standard InChI is InChI=1S/C11H17N3O/c1-4-14-11(2,3)9(15)8-6-5-7-13-10(8)12/h5-7,14H,4H2,1-3H3,(H2,12,13). The molecule has 0 spiro atoms. The van der Waals surface area contributed by atoms with E-state index in [1.807, 2.05) is 20.8 Å². The molecule has 15 heavy (non-hydrogen) atoms. The molecular weight excluding hydrogens is 190 g/mol. The van der Waals surface area contributed by atoms with E-state index in [-0.39, 0.29) is 11.6 Å². The minimum Gasteiger partial charge on any atom is -0.383 e. The van der Waals surface area contributed by atoms with Crippen molar-refractivity contribution in [2.45, 2.75) is 26.3 Å². The van der Waals surface area contributed by atoms with E-state index in [0.717, 1.165) is 6.54 Å². The zero-order chi connectivity index (χ0) is 11.5. The maximum Gasteiger partial charge on any atom is 0.185 e. The SMILES string of the molecule is CCNC(C)(C)C(=O)c1cccnc1N. The van der Waals surface area contributed by atoms with Crippen LogP contribution in [0.1, 0.15) is 31.1 Å². The van der Waals surface area contributed by atoms with Gasteiger partial charge < -0.3 is 11.1 Å². The van der Waals surface area contributed by atoms with E-state index in [2.05, 4.69) is 10.3 Å². The maximum absolute atomic E-state index is 12.1. The summed E-state index contributed by atoms with van der Waals surface area (Å²) >= 11 is 0. The van der Waals surface area contributed by atoms with Gasteiger partial charge in [-0.1, -0.05) is 6.92 Å². The van der Waals surface area contributed by atoms with E-state index in [9.17, 15) is 4.79 Å². The van der Waals surface area contributed by atoms with Gasteiger partial charge in [0.1, 0.15) is 5.82 Å². The van der Waals surface area contributed by atoms with Crippen molar-refractivity contribution in [3.63, 3.8) is 0 Å². The monoisotopic (exact) mass is 207 g/mol. The third-order valence-electron chi connectivity index (χ3n) is 2.27. The third-order valence-corrected chi connectivity index (χ3v) is 2.27. The number of nitrogen functional groups attached to an aromatic ring is 1. The van der Waals surface area contributed by atoms with Gasteiger partial charge in [0.2, 0.25) is 0 Å². The van der Waals surface area contributed by atoms with Crippen LogP contribution in [0.2, 0.25) is 0 Å². The Bertz CT molecular complexity index is 361. The van der Waals surface area contributed by atoms with Crippen molar-refractivity contribution in [2.75, 3.05) is 12.3 Å². The summed E-state index contributed by atoms with van der Waals surface area (Å²) in [5.74, 6) is 0.253. The Morgan fingerprint density at radius 3 is 2.80 bits per heavy atom. The number of nitrogens with one attached hydrogen (secondary N) is 1. The van der Waals surface area contributed by atoms with Crippen molar-refractivity contribution in [3.8, 4) is 0 Å². The van der Waals surface area contributed by atoms with Gasteiger partial charge in [0, 0.05) is 6.20 Å². The molecule has 0 unspecified atom stereocenters. The molecule has 0 saturated heterocycles. The molecule has 4 nitrogen and oxygen atoms in total. The van der Waals surface area contributed by atoms with E-state index >= 15 is 0 Å². The van der Waals surface area contributed by atoms with Crippen LogP contribution in [0.5, 0.6) is 0 Å². The number of carbonyl (C=O) groups excluding carboxylic acids is 1. The van der Waals surface area contributed by atoms with Crippen molar-refractivity contribution >= 4 is 11.6 Å². The highest BCUT2D eigenvalue weighted by molar-refractivity contribution is 6.05. The predicted octanol–water partition coefficient (Wildman–Crippen LogP) is 1.23. The number of pyridine rings is 1. The molecule has 1 aromatic heterocycles. The van der Waals surface area contributed by atoms with Gasteiger partial charge in [0.05, 0.1) is 11.1 Å². The van der Waals surface area contributed by atoms with Crippen LogP contribution >= 0.6 is 0 Å². The van der Waals surface area contributed by atoms with Crippen LogP contribution in [0.3, 0.4) is 0 Å². The van der Waals surface area contributed by atoms with Crippen molar-refractivity contribution in [1.82, 2.24) is 10.3 Å². The molecule has 0 saturated carbocycles. The predicted molar refractivity (Wildman–Crippen MR) is 60.7 cm³/mol. The summed E-state index contributed by atoms with van der Waals surface area (Å²) in [6.07, 6.45) is 1.58. The minimum atomic E-state index is -0.605. The van der Waals surface area contributed by atoms with Crippen molar-refractivity contribution < 1.29 is 4.79 Å². The van der Waals surface area contributed by atoms with E-state index in [1.165, 1.54) is 0 Å². The lowest BCUT2D eigenvalue weighted by molar-refractivity contribution is 0.0884. The summed E-state index contributed by atoms with van der Waals surface area (Å²) in [7, 11) is 0. The van der Waals surface area contributed by atoms with Gasteiger partial charge in [-0.15, -0.1) is 0 Å². The highest BCUT2D eigenvalue weighted by atomic mass is 16.1. The molecule has 3 N–H and O–H groups in total. The number of rotatable bonds is 4. The molecule has 0 aliphatic heterocycles. The van der Waals surface area contributed by atoms with Crippen molar-refractivity contribution in [3.05, 3.63) is 23.9 Å². The minimum absolute atomic E-state index is 0.0325. The first-order valence-corrected chi connectivity index (χ1v) is 4.99. The topological polar surface area (TPSA) is 68.0 Å². The van der Waals surface area contributed by atoms with Crippen LogP contribution in [0.15, 0.2) is 18.3 Å². The molecule has 1 rings (SSSR count). The summed E-state index contributed by atoms with van der Waals surface area (Å²) in [6.45, 7) is 6.37. The Kier molecular flexibility index (Phi) is 3.42. The van der Waals surface area contributed by atoms with Gasteiger partial charge in [0.15, 0.2) is 5.78 Å². The number of nitrogens with zero attached hydrogens (tertiary/aromatic N) is 1. The fraction of sp³-hybridized carbons (Fsp3) is 0.455. The highest BCUT2D eigenvalue weighted by Gasteiger charge is 2.28. The molecule has 0 bridgehead atoms. The number of hydrogen-bond acceptors (Lipinski definition) is 4. The van der Waals surface area contributed by atoms with Gasteiger partial charge in [-0.3, -0.25) is 4.79 Å². The lowest BCUT2D eigenvalue weighted by atomic mass is 9.93. The zero-order valence-electron chi connectivity index (χ0n) is 9.37. The van der Waals surface area contributed by atoms with Gasteiger partial charge in [-0.2, -0.15) is 0 Å². The Labute approximate surface area is 89.9 Å². The Hall–Kier alpha value is -1.42. The Morgan fingerprint density at radius 2 is 2.27 bits per heavy atom. The van der Waals surface area contributed by atoms with Crippen LogP contribution in [-0.4, -0.2) is 22.9 Å². The molecule has 82 valence electrons. The molecule has 4 heteroatoms. The molecule has 0 radical (unpaired) electrons. The van der Waals surface area contributed by atoms with E-state index < -0.39 is 5.54 Å². The number of ketones is 1. The number of aromatic nitrogens is 1. The average Bonchev–Trinajstić information content (AvgIpc) is 2.17. The molecule has 0 fully saturated rings. The second-order valence-corrected chi connectivity index (χ2v) is 3.92. The van der Waals surface area contributed by atoms with Crippen LogP contribution in [0.25, 0.3) is 0 Å². The number of hydrogen-bond donors (Lipinski definition) is 2. The van der Waals surface area contributed by atoms with Gasteiger partial charge in [-0.05, 0) is 32.5 Å². The lowest BCUT2D eigenvalue weighted by Gasteiger charge is -2.24. The second kappa shape index (κ2) is 4.40. The lowest BCUT2D eigenvalue weighted by Crippen LogP contribution is -2.46. The van der Waals surface area contributed by atoms with E-state index in [4.69, 9.17) is 5.73 Å². The molecule has 0 aliphatic carbocycles. The summed E-state index contributed by atoms with van der Waals surface area (Å²) in [5.41, 5.74) is 5.52. The van der Waals surface area contributed by atoms with Gasteiger partial charge >= 0.3 is 0 Å². The Balaban J connectivity index is 2.99. The summed E-state index contributed by atoms with van der Waals surface area (Å²) in [6, 6.07) is 3.41. The second-order valence-electron chi connectivity index (χ2n) is 3.92.